The zero-order valence-corrected chi connectivity index (χ0v) is 11.9. The lowest BCUT2D eigenvalue weighted by molar-refractivity contribution is 0.138. The van der Waals surface area contributed by atoms with Crippen molar-refractivity contribution in [3.05, 3.63) is 23.3 Å². The Morgan fingerprint density at radius 3 is 2.28 bits per heavy atom. The average molecular weight is 253 g/mol. The molecule has 0 amide bonds. The van der Waals surface area contributed by atoms with Crippen molar-refractivity contribution in [2.24, 2.45) is 0 Å². The van der Waals surface area contributed by atoms with Crippen LogP contribution in [0.3, 0.4) is 0 Å². The van der Waals surface area contributed by atoms with Gasteiger partial charge in [-0.25, -0.2) is 0 Å². The number of hydrogen-bond acceptors (Lipinski definition) is 4. The van der Waals surface area contributed by atoms with E-state index >= 15 is 0 Å². The van der Waals surface area contributed by atoms with Gasteiger partial charge in [-0.1, -0.05) is 0 Å². The molecule has 1 aromatic carbocycles. The number of methoxy groups -OCH3 is 2. The molecule has 1 atom stereocenters. The third-order valence-electron chi connectivity index (χ3n) is 2.86. The average Bonchev–Trinajstić information content (AvgIpc) is 2.30. The summed E-state index contributed by atoms with van der Waals surface area (Å²) in [6.45, 7) is 5.26. The maximum atomic E-state index is 9.37. The molecule has 4 nitrogen and oxygen atoms in total. The Bertz CT molecular complexity index is 391. The molecule has 1 N–H and O–H groups in total. The number of aliphatic hydroxyl groups excluding tert-OH is 1. The summed E-state index contributed by atoms with van der Waals surface area (Å²) in [4.78, 5) is 2.08. The highest BCUT2D eigenvalue weighted by Crippen LogP contribution is 2.30. The van der Waals surface area contributed by atoms with E-state index in [1.807, 2.05) is 26.1 Å². The number of likely N-dealkylation sites (N-methyl/N-ethyl adjacent to an activating group) is 1. The van der Waals surface area contributed by atoms with E-state index in [4.69, 9.17) is 9.47 Å². The van der Waals surface area contributed by atoms with Crippen molar-refractivity contribution in [3.8, 4) is 11.5 Å². The van der Waals surface area contributed by atoms with Gasteiger partial charge in [-0.3, -0.25) is 4.90 Å². The summed E-state index contributed by atoms with van der Waals surface area (Å²) in [5.41, 5.74) is 2.33. The maximum Gasteiger partial charge on any atom is 0.161 e. The number of nitrogens with zero attached hydrogens (tertiary/aromatic N) is 1. The second kappa shape index (κ2) is 6.61. The van der Waals surface area contributed by atoms with E-state index in [1.54, 1.807) is 21.1 Å². The lowest BCUT2D eigenvalue weighted by Crippen LogP contribution is -2.27. The smallest absolute Gasteiger partial charge is 0.161 e. The molecule has 0 fully saturated rings. The molecule has 0 heterocycles. The van der Waals surface area contributed by atoms with Crippen LogP contribution in [0.2, 0.25) is 0 Å². The van der Waals surface area contributed by atoms with Crippen LogP contribution in [-0.2, 0) is 6.54 Å². The zero-order chi connectivity index (χ0) is 13.7. The Hall–Kier alpha value is -1.26. The molecule has 102 valence electrons. The van der Waals surface area contributed by atoms with Gasteiger partial charge in [0.2, 0.25) is 0 Å². The quantitative estimate of drug-likeness (QED) is 0.840. The number of ether oxygens (including phenoxy) is 2. The van der Waals surface area contributed by atoms with Crippen molar-refractivity contribution < 1.29 is 14.6 Å². The second-order valence-electron chi connectivity index (χ2n) is 4.68. The van der Waals surface area contributed by atoms with Crippen LogP contribution >= 0.6 is 0 Å². The van der Waals surface area contributed by atoms with Crippen molar-refractivity contribution in [1.82, 2.24) is 4.90 Å². The van der Waals surface area contributed by atoms with Gasteiger partial charge in [0.25, 0.3) is 0 Å². The molecule has 1 unspecified atom stereocenters. The van der Waals surface area contributed by atoms with Crippen LogP contribution in [0.15, 0.2) is 12.1 Å². The molecule has 18 heavy (non-hydrogen) atoms. The number of rotatable bonds is 6. The van der Waals surface area contributed by atoms with Gasteiger partial charge in [-0.2, -0.15) is 0 Å². The Morgan fingerprint density at radius 1 is 1.22 bits per heavy atom. The molecule has 0 aliphatic rings. The molecule has 0 radical (unpaired) electrons. The van der Waals surface area contributed by atoms with Gasteiger partial charge in [-0.15, -0.1) is 0 Å². The summed E-state index contributed by atoms with van der Waals surface area (Å²) in [5, 5.41) is 9.37. The normalized spacial score (nSPS) is 12.6. The first-order chi connectivity index (χ1) is 8.47. The van der Waals surface area contributed by atoms with Crippen molar-refractivity contribution in [3.63, 3.8) is 0 Å². The Balaban J connectivity index is 2.89. The van der Waals surface area contributed by atoms with Gasteiger partial charge >= 0.3 is 0 Å². The van der Waals surface area contributed by atoms with Crippen molar-refractivity contribution in [2.45, 2.75) is 26.5 Å². The second-order valence-corrected chi connectivity index (χ2v) is 4.68. The zero-order valence-electron chi connectivity index (χ0n) is 11.9. The standard InChI is InChI=1S/C14H23NO3/c1-10-6-13(17-4)14(18-5)7-12(10)9-15(3)8-11(2)16/h6-7,11,16H,8-9H2,1-5H3. The van der Waals surface area contributed by atoms with Gasteiger partial charge < -0.3 is 14.6 Å². The molecule has 0 saturated carbocycles. The van der Waals surface area contributed by atoms with Gasteiger partial charge in [0.15, 0.2) is 11.5 Å². The first-order valence-corrected chi connectivity index (χ1v) is 6.06. The SMILES string of the molecule is COc1cc(C)c(CN(C)CC(C)O)cc1OC. The summed E-state index contributed by atoms with van der Waals surface area (Å²) in [6, 6.07) is 3.97. The van der Waals surface area contributed by atoms with Crippen LogP contribution in [0.5, 0.6) is 11.5 Å². The third-order valence-corrected chi connectivity index (χ3v) is 2.86. The van der Waals surface area contributed by atoms with Crippen molar-refractivity contribution in [2.75, 3.05) is 27.8 Å². The first-order valence-electron chi connectivity index (χ1n) is 6.06. The predicted molar refractivity (Wildman–Crippen MR) is 72.3 cm³/mol. The van der Waals surface area contributed by atoms with Gasteiger partial charge in [0.05, 0.1) is 20.3 Å². The number of aliphatic hydroxyl groups is 1. The molecular formula is C14H23NO3. The molecule has 0 bridgehead atoms. The van der Waals surface area contributed by atoms with Crippen LogP contribution in [-0.4, -0.2) is 43.9 Å². The topological polar surface area (TPSA) is 41.9 Å². The Kier molecular flexibility index (Phi) is 5.44. The van der Waals surface area contributed by atoms with Crippen LogP contribution in [0, 0.1) is 6.92 Å². The molecule has 0 aromatic heterocycles. The van der Waals surface area contributed by atoms with E-state index in [9.17, 15) is 5.11 Å². The molecule has 0 aliphatic heterocycles. The summed E-state index contributed by atoms with van der Waals surface area (Å²) < 4.78 is 10.6. The highest BCUT2D eigenvalue weighted by atomic mass is 16.5. The number of hydrogen-bond donors (Lipinski definition) is 1. The maximum absolute atomic E-state index is 9.37. The van der Waals surface area contributed by atoms with Crippen molar-refractivity contribution in [1.29, 1.82) is 0 Å². The van der Waals surface area contributed by atoms with E-state index in [1.165, 1.54) is 5.56 Å². The third kappa shape index (κ3) is 3.89. The van der Waals surface area contributed by atoms with Crippen LogP contribution in [0.1, 0.15) is 18.1 Å². The first kappa shape index (κ1) is 14.8. The van der Waals surface area contributed by atoms with Crippen LogP contribution < -0.4 is 9.47 Å². The minimum absolute atomic E-state index is 0.324. The van der Waals surface area contributed by atoms with Gasteiger partial charge in [0.1, 0.15) is 0 Å². The highest BCUT2D eigenvalue weighted by molar-refractivity contribution is 5.46. The lowest BCUT2D eigenvalue weighted by atomic mass is 10.1. The van der Waals surface area contributed by atoms with E-state index < -0.39 is 0 Å². The summed E-state index contributed by atoms with van der Waals surface area (Å²) in [7, 11) is 5.26. The number of aryl methyl sites for hydroxylation is 1. The molecular weight excluding hydrogens is 230 g/mol. The predicted octanol–water partition coefficient (Wildman–Crippen LogP) is 1.82. The molecule has 0 spiro atoms. The fourth-order valence-corrected chi connectivity index (χ4v) is 2.00. The monoisotopic (exact) mass is 253 g/mol. The minimum atomic E-state index is -0.324. The molecule has 4 heteroatoms. The molecule has 0 saturated heterocycles. The fourth-order valence-electron chi connectivity index (χ4n) is 2.00. The van der Waals surface area contributed by atoms with E-state index in [2.05, 4.69) is 4.90 Å². The fraction of sp³-hybridized carbons (Fsp3) is 0.571. The summed E-state index contributed by atoms with van der Waals surface area (Å²) >= 11 is 0. The molecule has 1 rings (SSSR count). The van der Waals surface area contributed by atoms with Gasteiger partial charge in [0, 0.05) is 13.1 Å². The lowest BCUT2D eigenvalue weighted by Gasteiger charge is -2.20. The van der Waals surface area contributed by atoms with Crippen molar-refractivity contribution >= 4 is 0 Å². The highest BCUT2D eigenvalue weighted by Gasteiger charge is 2.11. The van der Waals surface area contributed by atoms with E-state index in [0.717, 1.165) is 23.6 Å². The van der Waals surface area contributed by atoms with Gasteiger partial charge in [-0.05, 0) is 44.2 Å². The Labute approximate surface area is 109 Å². The largest absolute Gasteiger partial charge is 0.493 e. The molecule has 1 aromatic rings. The summed E-state index contributed by atoms with van der Waals surface area (Å²) in [5.74, 6) is 1.49. The minimum Gasteiger partial charge on any atom is -0.493 e. The Morgan fingerprint density at radius 2 is 1.78 bits per heavy atom. The number of benzene rings is 1. The molecule has 0 aliphatic carbocycles. The van der Waals surface area contributed by atoms with Crippen LogP contribution in [0.25, 0.3) is 0 Å². The van der Waals surface area contributed by atoms with E-state index in [-0.39, 0.29) is 6.10 Å². The summed E-state index contributed by atoms with van der Waals surface area (Å²) in [6.07, 6.45) is -0.324. The van der Waals surface area contributed by atoms with E-state index in [0.29, 0.717) is 6.54 Å². The van der Waals surface area contributed by atoms with Crippen LogP contribution in [0.4, 0.5) is 0 Å².